The van der Waals surface area contributed by atoms with E-state index in [0.29, 0.717) is 6.42 Å². The zero-order valence-electron chi connectivity index (χ0n) is 15.5. The highest BCUT2D eigenvalue weighted by Gasteiger charge is 2.57. The monoisotopic (exact) mass is 357 g/mol. The first kappa shape index (κ1) is 19.2. The van der Waals surface area contributed by atoms with Gasteiger partial charge < -0.3 is 18.4 Å². The molecule has 1 aliphatic rings. The van der Waals surface area contributed by atoms with Gasteiger partial charge in [0.25, 0.3) is 0 Å². The third-order valence-electron chi connectivity index (χ3n) is 3.96. The van der Waals surface area contributed by atoms with Gasteiger partial charge in [0.2, 0.25) is 18.7 Å². The fourth-order valence-corrected chi connectivity index (χ4v) is 3.05. The average Bonchev–Trinajstić information content (AvgIpc) is 2.57. The third-order valence-corrected chi connectivity index (χ3v) is 4.21. The van der Waals surface area contributed by atoms with Crippen LogP contribution in [0.1, 0.15) is 26.7 Å². The van der Waals surface area contributed by atoms with Gasteiger partial charge >= 0.3 is 5.97 Å². The quantitative estimate of drug-likeness (QED) is 0.156. The molecule has 0 amide bonds. The van der Waals surface area contributed by atoms with Crippen LogP contribution in [0.3, 0.4) is 0 Å². The predicted octanol–water partition coefficient (Wildman–Crippen LogP) is 1.87. The van der Waals surface area contributed by atoms with Gasteiger partial charge in [-0.3, -0.25) is 4.79 Å². The summed E-state index contributed by atoms with van der Waals surface area (Å²) in [5, 5.41) is 0. The molecule has 0 aromatic rings. The van der Waals surface area contributed by atoms with Gasteiger partial charge in [-0.1, -0.05) is 31.8 Å². The number of ether oxygens (including phenoxy) is 3. The number of carbonyl (C=O) groups excluding carboxylic acids is 2. The lowest BCUT2D eigenvalue weighted by Gasteiger charge is -2.48. The molecule has 0 unspecified atom stereocenters. The van der Waals surface area contributed by atoms with Gasteiger partial charge in [-0.25, -0.2) is 4.79 Å². The molecule has 2 atom stereocenters. The van der Waals surface area contributed by atoms with Gasteiger partial charge in [0.15, 0.2) is 0 Å². The fourth-order valence-electron chi connectivity index (χ4n) is 2.68. The molecule has 0 aromatic carbocycles. The summed E-state index contributed by atoms with van der Waals surface area (Å²) in [6.45, 7) is 7.34. The van der Waals surface area contributed by atoms with E-state index in [9.17, 15) is 9.59 Å². The highest BCUT2D eigenvalue weighted by atomic mass is 32.2. The molecule has 0 spiro atoms. The number of rotatable bonds is 9. The van der Waals surface area contributed by atoms with E-state index in [1.165, 1.54) is 20.3 Å². The third kappa shape index (κ3) is 4.30. The van der Waals surface area contributed by atoms with Gasteiger partial charge in [-0.05, 0) is 7.76 Å². The van der Waals surface area contributed by atoms with Crippen LogP contribution in [0.15, 0.2) is 24.3 Å². The minimum Gasteiger partial charge on any atom is -0.466 e. The molecule has 1 rings (SSSR count). The summed E-state index contributed by atoms with van der Waals surface area (Å²) in [6, 6.07) is 0. The van der Waals surface area contributed by atoms with Crippen molar-refractivity contribution in [3.63, 3.8) is 0 Å². The van der Waals surface area contributed by atoms with E-state index in [1.54, 1.807) is 19.9 Å². The lowest BCUT2D eigenvalue weighted by Crippen LogP contribution is -2.61. The maximum atomic E-state index is 13.1. The Balaban J connectivity index is 3.27. The molecule has 1 fully saturated rings. The SMILES string of the molecule is [3H][B]SOCC(C)(C)[C@]1(OC)O[C@H](CC=C)C/C(=C\C(=O)OC)C1=O. The van der Waals surface area contributed by atoms with Crippen LogP contribution in [0.5, 0.6) is 0 Å². The number of carbonyl (C=O) groups is 2. The second kappa shape index (κ2) is 8.85. The molecule has 1 aliphatic heterocycles. The Hall–Kier alpha value is -1.09. The Bertz CT molecular complexity index is 539. The van der Waals surface area contributed by atoms with Gasteiger partial charge in [-0.2, -0.15) is 0 Å². The minimum absolute atomic E-state index is 0.0962. The Morgan fingerprint density at radius 2 is 2.33 bits per heavy atom. The van der Waals surface area contributed by atoms with Crippen molar-refractivity contribution < 1.29 is 28.0 Å². The fraction of sp³-hybridized carbons (Fsp3) is 0.625. The van der Waals surface area contributed by atoms with E-state index < -0.39 is 23.0 Å². The van der Waals surface area contributed by atoms with E-state index in [1.807, 2.05) is 0 Å². The molecule has 0 aromatic heterocycles. The van der Waals surface area contributed by atoms with Crippen molar-refractivity contribution in [3.05, 3.63) is 24.3 Å². The molecule has 0 saturated carbocycles. The smallest absolute Gasteiger partial charge is 0.330 e. The van der Waals surface area contributed by atoms with Crippen molar-refractivity contribution in [1.82, 2.24) is 0 Å². The maximum Gasteiger partial charge on any atom is 0.330 e. The topological polar surface area (TPSA) is 71.1 Å². The minimum atomic E-state index is -1.62. The van der Waals surface area contributed by atoms with E-state index in [2.05, 4.69) is 11.3 Å². The van der Waals surface area contributed by atoms with Crippen LogP contribution >= 0.6 is 11.9 Å². The summed E-state index contributed by atoms with van der Waals surface area (Å²) in [5.74, 6) is -2.67. The number of methoxy groups -OCH3 is 2. The van der Waals surface area contributed by atoms with Crippen LogP contribution in [0, 0.1) is 5.41 Å². The summed E-state index contributed by atoms with van der Waals surface area (Å²) in [4.78, 5) is 24.7. The number of hydrogen-bond acceptors (Lipinski definition) is 7. The maximum absolute atomic E-state index is 13.1. The number of ketones is 1. The molecule has 24 heavy (non-hydrogen) atoms. The van der Waals surface area contributed by atoms with Crippen LogP contribution in [-0.4, -0.2) is 52.9 Å². The predicted molar refractivity (Wildman–Crippen MR) is 93.6 cm³/mol. The molecular formula is C16H24BO6S. The molecule has 0 bridgehead atoms. The molecule has 6 nitrogen and oxygen atoms in total. The van der Waals surface area contributed by atoms with Crippen LogP contribution in [0.2, 0.25) is 0 Å². The second-order valence-electron chi connectivity index (χ2n) is 6.05. The first-order chi connectivity index (χ1) is 11.8. The largest absolute Gasteiger partial charge is 0.466 e. The van der Waals surface area contributed by atoms with Gasteiger partial charge in [0.1, 0.15) is 0 Å². The molecule has 0 aliphatic carbocycles. The summed E-state index contributed by atoms with van der Waals surface area (Å²) >= 11 is 0.850. The van der Waals surface area contributed by atoms with Crippen molar-refractivity contribution in [3.8, 4) is 0 Å². The van der Waals surface area contributed by atoms with Crippen molar-refractivity contribution in [2.45, 2.75) is 38.6 Å². The zero-order chi connectivity index (χ0) is 19.1. The van der Waals surface area contributed by atoms with Crippen LogP contribution < -0.4 is 0 Å². The molecule has 1 radical (unpaired) electrons. The van der Waals surface area contributed by atoms with E-state index in [0.717, 1.165) is 19.0 Å². The molecule has 8 heteroatoms. The van der Waals surface area contributed by atoms with Crippen LogP contribution in [0.4, 0.5) is 0 Å². The first-order valence-corrected chi connectivity index (χ1v) is 8.24. The Morgan fingerprint density at radius 3 is 2.88 bits per heavy atom. The van der Waals surface area contributed by atoms with Crippen LogP contribution in [0.25, 0.3) is 0 Å². The Labute approximate surface area is 149 Å². The molecule has 1 heterocycles. The normalized spacial score (nSPS) is 26.8. The standard InChI is InChI=1S/C16H24BO6S/c1-6-7-12-8-11(9-13(18)20-4)14(19)16(21-5,23-12)15(2,3)10-22-24-17/h6,9,12,17H,1,7-8,10H2,2-5H3/b11-9+/t12-,16-/m1/s1/i17T. The summed E-state index contributed by atoms with van der Waals surface area (Å²) in [6.07, 6.45) is 3.24. The van der Waals surface area contributed by atoms with Crippen molar-refractivity contribution in [2.75, 3.05) is 20.8 Å². The molecule has 1 saturated heterocycles. The lowest BCUT2D eigenvalue weighted by atomic mass is 9.76. The van der Waals surface area contributed by atoms with Gasteiger partial charge in [0.05, 0.1) is 25.2 Å². The van der Waals surface area contributed by atoms with E-state index >= 15 is 0 Å². The Morgan fingerprint density at radius 1 is 1.62 bits per heavy atom. The number of Topliss-reactive ketones (excluding diaryl/α,β-unsaturated/α-hetero) is 1. The average molecular weight is 357 g/mol. The second-order valence-corrected chi connectivity index (χ2v) is 6.48. The van der Waals surface area contributed by atoms with Gasteiger partial charge in [0, 0.05) is 25.2 Å². The number of hydrogen-bond donors (Lipinski definition) is 0. The van der Waals surface area contributed by atoms with Gasteiger partial charge in [-0.15, -0.1) is 6.58 Å². The first-order valence-electron chi connectivity index (χ1n) is 8.01. The highest BCUT2D eigenvalue weighted by molar-refractivity contribution is 8.15. The summed E-state index contributed by atoms with van der Waals surface area (Å²) in [7, 11) is 3.68. The summed E-state index contributed by atoms with van der Waals surface area (Å²) in [5.41, 5.74) is -0.608. The zero-order valence-corrected chi connectivity index (χ0v) is 15.3. The summed E-state index contributed by atoms with van der Waals surface area (Å²) < 4.78 is 28.6. The van der Waals surface area contributed by atoms with E-state index in [4.69, 9.17) is 15.0 Å². The molecule has 133 valence electrons. The van der Waals surface area contributed by atoms with Crippen molar-refractivity contribution in [1.29, 1.82) is 1.34 Å². The van der Waals surface area contributed by atoms with Crippen molar-refractivity contribution in [2.24, 2.45) is 5.41 Å². The molecule has 0 N–H and O–H groups in total. The number of esters is 1. The lowest BCUT2D eigenvalue weighted by molar-refractivity contribution is -0.288. The highest BCUT2D eigenvalue weighted by Crippen LogP contribution is 2.44. The van der Waals surface area contributed by atoms with E-state index in [-0.39, 0.29) is 24.7 Å². The Kier molecular flexibility index (Phi) is 7.09. The molecular weight excluding hydrogens is 331 g/mol. The van der Waals surface area contributed by atoms with Crippen LogP contribution in [-0.2, 0) is 28.0 Å². The van der Waals surface area contributed by atoms with Crippen molar-refractivity contribution >= 4 is 30.7 Å².